The average Bonchev–Trinajstić information content (AvgIpc) is 2.66. The number of rotatable bonds is 7. The van der Waals surface area contributed by atoms with E-state index >= 15 is 0 Å². The summed E-state index contributed by atoms with van der Waals surface area (Å²) in [6.07, 6.45) is 2.22. The fraction of sp³-hybridized carbons (Fsp3) is 0.478. The van der Waals surface area contributed by atoms with Crippen LogP contribution in [0.2, 0.25) is 0 Å². The summed E-state index contributed by atoms with van der Waals surface area (Å²) < 4.78 is 14.0. The lowest BCUT2D eigenvalue weighted by Gasteiger charge is -2.40. The number of hydrogen-bond donors (Lipinski definition) is 1. The number of nitrogens with one attached hydrogen (secondary N) is 1. The number of piperidine rings is 1. The lowest BCUT2D eigenvalue weighted by atomic mass is 10.0. The monoisotopic (exact) mass is 369 g/mol. The Morgan fingerprint density at radius 1 is 1.11 bits per heavy atom. The van der Waals surface area contributed by atoms with Crippen LogP contribution in [-0.4, -0.2) is 36.6 Å². The molecule has 2 aromatic rings. The maximum absolute atomic E-state index is 14.0. The van der Waals surface area contributed by atoms with Crippen LogP contribution in [0.15, 0.2) is 48.5 Å². The third kappa shape index (κ3) is 5.23. The minimum absolute atomic E-state index is 0.167. The van der Waals surface area contributed by atoms with Crippen molar-refractivity contribution < 1.29 is 4.39 Å². The van der Waals surface area contributed by atoms with Gasteiger partial charge >= 0.3 is 0 Å². The molecule has 4 heteroatoms. The SMILES string of the molecule is CCN(c1cc(F)ccc1NC(C)C)C1CCN(Cc2ccccc2)CC1. The van der Waals surface area contributed by atoms with Crippen LogP contribution < -0.4 is 10.2 Å². The van der Waals surface area contributed by atoms with Crippen LogP contribution in [0.4, 0.5) is 15.8 Å². The molecule has 1 saturated heterocycles. The van der Waals surface area contributed by atoms with E-state index < -0.39 is 0 Å². The second kappa shape index (κ2) is 9.23. The molecule has 0 amide bonds. The van der Waals surface area contributed by atoms with Crippen LogP contribution in [0.3, 0.4) is 0 Å². The smallest absolute Gasteiger partial charge is 0.125 e. The molecule has 0 saturated carbocycles. The van der Waals surface area contributed by atoms with Crippen LogP contribution in [0.1, 0.15) is 39.2 Å². The van der Waals surface area contributed by atoms with Gasteiger partial charge in [0, 0.05) is 38.3 Å². The van der Waals surface area contributed by atoms with Gasteiger partial charge in [-0.2, -0.15) is 0 Å². The van der Waals surface area contributed by atoms with Gasteiger partial charge in [0.2, 0.25) is 0 Å². The van der Waals surface area contributed by atoms with Gasteiger partial charge in [-0.15, -0.1) is 0 Å². The van der Waals surface area contributed by atoms with Gasteiger partial charge < -0.3 is 10.2 Å². The summed E-state index contributed by atoms with van der Waals surface area (Å²) in [7, 11) is 0. The Morgan fingerprint density at radius 2 is 1.81 bits per heavy atom. The zero-order valence-electron chi connectivity index (χ0n) is 16.8. The molecule has 1 fully saturated rings. The topological polar surface area (TPSA) is 18.5 Å². The van der Waals surface area contributed by atoms with Gasteiger partial charge in [0.25, 0.3) is 0 Å². The van der Waals surface area contributed by atoms with Gasteiger partial charge in [-0.05, 0) is 57.4 Å². The summed E-state index contributed by atoms with van der Waals surface area (Å²) in [6.45, 7) is 10.5. The van der Waals surface area contributed by atoms with Gasteiger partial charge in [0.05, 0.1) is 11.4 Å². The van der Waals surface area contributed by atoms with Crippen LogP contribution in [0, 0.1) is 5.82 Å². The number of benzene rings is 2. The number of hydrogen-bond acceptors (Lipinski definition) is 3. The van der Waals surface area contributed by atoms with Crippen molar-refractivity contribution >= 4 is 11.4 Å². The molecule has 0 atom stereocenters. The number of halogens is 1. The van der Waals surface area contributed by atoms with Crippen molar-refractivity contribution in [3.63, 3.8) is 0 Å². The normalized spacial score (nSPS) is 15.9. The summed E-state index contributed by atoms with van der Waals surface area (Å²) >= 11 is 0. The first kappa shape index (κ1) is 19.7. The number of likely N-dealkylation sites (tertiary alicyclic amines) is 1. The molecule has 0 aromatic heterocycles. The molecule has 0 aliphatic carbocycles. The lowest BCUT2D eigenvalue weighted by Crippen LogP contribution is -2.45. The molecular weight excluding hydrogens is 337 g/mol. The number of nitrogens with zero attached hydrogens (tertiary/aromatic N) is 2. The summed E-state index contributed by atoms with van der Waals surface area (Å²) in [5.74, 6) is -0.167. The second-order valence-electron chi connectivity index (χ2n) is 7.74. The molecule has 0 radical (unpaired) electrons. The molecule has 2 aromatic carbocycles. The van der Waals surface area contributed by atoms with Gasteiger partial charge in [-0.25, -0.2) is 4.39 Å². The van der Waals surface area contributed by atoms with E-state index in [0.717, 1.165) is 50.4 Å². The van der Waals surface area contributed by atoms with Gasteiger partial charge in [-0.1, -0.05) is 30.3 Å². The molecule has 1 aliphatic heterocycles. The highest BCUT2D eigenvalue weighted by molar-refractivity contribution is 5.71. The minimum atomic E-state index is -0.167. The van der Waals surface area contributed by atoms with E-state index in [1.165, 1.54) is 5.56 Å². The summed E-state index contributed by atoms with van der Waals surface area (Å²) in [5.41, 5.74) is 3.39. The van der Waals surface area contributed by atoms with E-state index in [9.17, 15) is 4.39 Å². The standard InChI is InChI=1S/C23H32FN3/c1-4-27(23-16-20(24)10-11-22(23)25-18(2)3)21-12-14-26(15-13-21)17-19-8-6-5-7-9-19/h5-11,16,18,21,25H,4,12-15,17H2,1-3H3. The van der Waals surface area contributed by atoms with E-state index in [4.69, 9.17) is 0 Å². The molecule has 0 unspecified atom stereocenters. The lowest BCUT2D eigenvalue weighted by molar-refractivity contribution is 0.202. The van der Waals surface area contributed by atoms with Crippen molar-refractivity contribution in [3.05, 3.63) is 59.9 Å². The number of anilines is 2. The van der Waals surface area contributed by atoms with Crippen LogP contribution in [0.5, 0.6) is 0 Å². The van der Waals surface area contributed by atoms with E-state index in [2.05, 4.69) is 66.2 Å². The third-order valence-electron chi connectivity index (χ3n) is 5.30. The Balaban J connectivity index is 1.68. The maximum Gasteiger partial charge on any atom is 0.125 e. The Hall–Kier alpha value is -2.07. The summed E-state index contributed by atoms with van der Waals surface area (Å²) in [4.78, 5) is 4.91. The van der Waals surface area contributed by atoms with E-state index in [1.807, 2.05) is 6.07 Å². The second-order valence-corrected chi connectivity index (χ2v) is 7.74. The highest BCUT2D eigenvalue weighted by atomic mass is 19.1. The average molecular weight is 370 g/mol. The molecule has 1 heterocycles. The van der Waals surface area contributed by atoms with Crippen LogP contribution >= 0.6 is 0 Å². The molecule has 1 aliphatic rings. The molecule has 1 N–H and O–H groups in total. The molecule has 0 spiro atoms. The minimum Gasteiger partial charge on any atom is -0.381 e. The predicted octanol–water partition coefficient (Wildman–Crippen LogP) is 5.14. The highest BCUT2D eigenvalue weighted by Crippen LogP contribution is 2.32. The molecule has 3 nitrogen and oxygen atoms in total. The Kier molecular flexibility index (Phi) is 6.73. The van der Waals surface area contributed by atoms with Crippen molar-refractivity contribution in [1.82, 2.24) is 4.90 Å². The van der Waals surface area contributed by atoms with E-state index in [0.29, 0.717) is 12.1 Å². The quantitative estimate of drug-likeness (QED) is 0.729. The predicted molar refractivity (Wildman–Crippen MR) is 113 cm³/mol. The first-order valence-corrected chi connectivity index (χ1v) is 10.2. The third-order valence-corrected chi connectivity index (χ3v) is 5.30. The molecule has 0 bridgehead atoms. The van der Waals surface area contributed by atoms with Crippen molar-refractivity contribution in [2.45, 2.75) is 52.2 Å². The van der Waals surface area contributed by atoms with Crippen molar-refractivity contribution in [2.75, 3.05) is 29.9 Å². The Morgan fingerprint density at radius 3 is 2.44 bits per heavy atom. The van der Waals surface area contributed by atoms with Crippen molar-refractivity contribution in [3.8, 4) is 0 Å². The first-order valence-electron chi connectivity index (χ1n) is 10.2. The van der Waals surface area contributed by atoms with Gasteiger partial charge in [0.15, 0.2) is 0 Å². The van der Waals surface area contributed by atoms with Crippen molar-refractivity contribution in [1.29, 1.82) is 0 Å². The van der Waals surface area contributed by atoms with Gasteiger partial charge in [-0.3, -0.25) is 4.90 Å². The largest absolute Gasteiger partial charge is 0.381 e. The highest BCUT2D eigenvalue weighted by Gasteiger charge is 2.25. The van der Waals surface area contributed by atoms with Crippen LogP contribution in [-0.2, 0) is 6.54 Å². The Bertz CT molecular complexity index is 709. The zero-order chi connectivity index (χ0) is 19.2. The molecule has 3 rings (SSSR count). The fourth-order valence-corrected chi connectivity index (χ4v) is 4.03. The van der Waals surface area contributed by atoms with Crippen molar-refractivity contribution in [2.24, 2.45) is 0 Å². The first-order chi connectivity index (χ1) is 13.1. The summed E-state index contributed by atoms with van der Waals surface area (Å²) in [5, 5.41) is 3.48. The zero-order valence-corrected chi connectivity index (χ0v) is 16.8. The molecule has 146 valence electrons. The molecular formula is C23H32FN3. The fourth-order valence-electron chi connectivity index (χ4n) is 4.03. The van der Waals surface area contributed by atoms with Gasteiger partial charge in [0.1, 0.15) is 5.82 Å². The maximum atomic E-state index is 14.0. The van der Waals surface area contributed by atoms with E-state index in [-0.39, 0.29) is 5.82 Å². The molecule has 27 heavy (non-hydrogen) atoms. The Labute approximate surface area is 163 Å². The van der Waals surface area contributed by atoms with Crippen LogP contribution in [0.25, 0.3) is 0 Å². The summed E-state index contributed by atoms with van der Waals surface area (Å²) in [6, 6.07) is 16.5. The van der Waals surface area contributed by atoms with E-state index in [1.54, 1.807) is 12.1 Å².